The first-order chi connectivity index (χ1) is 13.8. The van der Waals surface area contributed by atoms with Gasteiger partial charge in [-0.05, 0) is 67.9 Å². The third kappa shape index (κ3) is 4.19. The summed E-state index contributed by atoms with van der Waals surface area (Å²) >= 11 is 0. The molecule has 1 saturated carbocycles. The molecule has 0 radical (unpaired) electrons. The molecule has 28 heavy (non-hydrogen) atoms. The highest BCUT2D eigenvalue weighted by Crippen LogP contribution is 2.36. The van der Waals surface area contributed by atoms with Crippen LogP contribution in [0.2, 0.25) is 0 Å². The van der Waals surface area contributed by atoms with Crippen molar-refractivity contribution in [3.8, 4) is 11.5 Å². The molecule has 4 rings (SSSR count). The smallest absolute Gasteiger partial charge is 0.168 e. The van der Waals surface area contributed by atoms with Crippen LogP contribution in [-0.4, -0.2) is 19.4 Å². The first-order valence-electron chi connectivity index (χ1n) is 10.2. The molecule has 0 atom stereocenters. The van der Waals surface area contributed by atoms with Gasteiger partial charge in [-0.3, -0.25) is 4.99 Å². The number of hydrogen-bond acceptors (Lipinski definition) is 3. The standard InChI is InChI=1S/C25H27NO2/c1-27-24-15-7-11-20(25(24)28-21-12-5-6-13-21)16-17-23-22(14-8-18-26-23)19-9-3-2-4-10-19/h2-4,7,9-11,15-18,21H,5-6,8,12-14H2,1H3/b17-16+. The van der Waals surface area contributed by atoms with Gasteiger partial charge in [0, 0.05) is 11.8 Å². The molecule has 2 aromatic carbocycles. The van der Waals surface area contributed by atoms with Gasteiger partial charge in [0.15, 0.2) is 11.5 Å². The first-order valence-corrected chi connectivity index (χ1v) is 10.2. The Morgan fingerprint density at radius 2 is 1.79 bits per heavy atom. The quantitative estimate of drug-likeness (QED) is 0.594. The van der Waals surface area contributed by atoms with Crippen molar-refractivity contribution in [1.82, 2.24) is 0 Å². The van der Waals surface area contributed by atoms with Crippen molar-refractivity contribution in [3.05, 3.63) is 71.4 Å². The molecule has 0 amide bonds. The Bertz CT molecular complexity index is 890. The predicted molar refractivity (Wildman–Crippen MR) is 116 cm³/mol. The van der Waals surface area contributed by atoms with Crippen molar-refractivity contribution in [2.75, 3.05) is 7.11 Å². The largest absolute Gasteiger partial charge is 0.493 e. The number of hydrogen-bond donors (Lipinski definition) is 0. The average Bonchev–Trinajstić information content (AvgIpc) is 3.27. The molecule has 1 aliphatic heterocycles. The molecular weight excluding hydrogens is 346 g/mol. The van der Waals surface area contributed by atoms with Crippen LogP contribution in [0.5, 0.6) is 11.5 Å². The third-order valence-corrected chi connectivity index (χ3v) is 5.42. The van der Waals surface area contributed by atoms with Gasteiger partial charge in [0.1, 0.15) is 0 Å². The van der Waals surface area contributed by atoms with Gasteiger partial charge in [0.25, 0.3) is 0 Å². The monoisotopic (exact) mass is 373 g/mol. The molecule has 0 bridgehead atoms. The SMILES string of the molecule is COc1cccc(/C=C/C2=C(c3ccccc3)CCC=N2)c1OC1CCCC1. The number of benzene rings is 2. The maximum Gasteiger partial charge on any atom is 0.168 e. The number of ether oxygens (including phenoxy) is 2. The van der Waals surface area contributed by atoms with Crippen molar-refractivity contribution in [2.45, 2.75) is 44.6 Å². The molecule has 0 saturated heterocycles. The van der Waals surface area contributed by atoms with Crippen LogP contribution in [0.4, 0.5) is 0 Å². The van der Waals surface area contributed by atoms with Crippen LogP contribution in [-0.2, 0) is 0 Å². The summed E-state index contributed by atoms with van der Waals surface area (Å²) in [6.45, 7) is 0. The molecule has 1 heterocycles. The second-order valence-corrected chi connectivity index (χ2v) is 7.32. The van der Waals surface area contributed by atoms with E-state index in [4.69, 9.17) is 9.47 Å². The van der Waals surface area contributed by atoms with Crippen molar-refractivity contribution < 1.29 is 9.47 Å². The normalized spacial score (nSPS) is 17.5. The highest BCUT2D eigenvalue weighted by Gasteiger charge is 2.20. The molecule has 144 valence electrons. The predicted octanol–water partition coefficient (Wildman–Crippen LogP) is 6.31. The maximum absolute atomic E-state index is 6.35. The van der Waals surface area contributed by atoms with E-state index in [2.05, 4.69) is 53.5 Å². The fourth-order valence-corrected chi connectivity index (χ4v) is 3.95. The minimum atomic E-state index is 0.287. The molecular formula is C25H27NO2. The van der Waals surface area contributed by atoms with Gasteiger partial charge in [-0.1, -0.05) is 42.5 Å². The zero-order chi connectivity index (χ0) is 19.2. The molecule has 0 spiro atoms. The summed E-state index contributed by atoms with van der Waals surface area (Å²) in [7, 11) is 1.70. The van der Waals surface area contributed by atoms with Crippen LogP contribution >= 0.6 is 0 Å². The number of nitrogens with zero attached hydrogens (tertiary/aromatic N) is 1. The Balaban J connectivity index is 1.66. The van der Waals surface area contributed by atoms with E-state index in [0.29, 0.717) is 0 Å². The molecule has 0 N–H and O–H groups in total. The Kier molecular flexibility index (Phi) is 5.91. The summed E-state index contributed by atoms with van der Waals surface area (Å²) < 4.78 is 11.9. The zero-order valence-electron chi connectivity index (χ0n) is 16.4. The summed E-state index contributed by atoms with van der Waals surface area (Å²) in [4.78, 5) is 4.67. The number of aliphatic imine (C=N–C) groups is 1. The summed E-state index contributed by atoms with van der Waals surface area (Å²) in [6, 6.07) is 16.6. The Hall–Kier alpha value is -2.81. The minimum Gasteiger partial charge on any atom is -0.493 e. The van der Waals surface area contributed by atoms with E-state index in [-0.39, 0.29) is 6.10 Å². The van der Waals surface area contributed by atoms with Crippen molar-refractivity contribution in [1.29, 1.82) is 0 Å². The van der Waals surface area contributed by atoms with Gasteiger partial charge in [-0.15, -0.1) is 0 Å². The van der Waals surface area contributed by atoms with Gasteiger partial charge >= 0.3 is 0 Å². The van der Waals surface area contributed by atoms with E-state index in [1.807, 2.05) is 18.3 Å². The number of methoxy groups -OCH3 is 1. The van der Waals surface area contributed by atoms with E-state index in [0.717, 1.165) is 48.4 Å². The summed E-state index contributed by atoms with van der Waals surface area (Å²) in [5, 5.41) is 0. The van der Waals surface area contributed by atoms with E-state index < -0.39 is 0 Å². The Labute approximate surface area is 167 Å². The molecule has 3 nitrogen and oxygen atoms in total. The Morgan fingerprint density at radius 3 is 2.57 bits per heavy atom. The molecule has 1 fully saturated rings. The molecule has 2 aliphatic rings. The molecule has 0 aromatic heterocycles. The lowest BCUT2D eigenvalue weighted by Crippen LogP contribution is -2.12. The molecule has 1 aliphatic carbocycles. The van der Waals surface area contributed by atoms with Crippen molar-refractivity contribution in [2.24, 2.45) is 4.99 Å². The first kappa shape index (κ1) is 18.5. The van der Waals surface area contributed by atoms with Gasteiger partial charge in [-0.25, -0.2) is 0 Å². The molecule has 0 unspecified atom stereocenters. The van der Waals surface area contributed by atoms with Crippen LogP contribution in [0.15, 0.2) is 65.3 Å². The highest BCUT2D eigenvalue weighted by molar-refractivity contribution is 5.80. The number of para-hydroxylation sites is 1. The van der Waals surface area contributed by atoms with Crippen molar-refractivity contribution >= 4 is 17.9 Å². The average molecular weight is 373 g/mol. The third-order valence-electron chi connectivity index (χ3n) is 5.42. The van der Waals surface area contributed by atoms with E-state index >= 15 is 0 Å². The van der Waals surface area contributed by atoms with Gasteiger partial charge in [0.05, 0.1) is 18.9 Å². The lowest BCUT2D eigenvalue weighted by atomic mass is 9.97. The summed E-state index contributed by atoms with van der Waals surface area (Å²) in [5.41, 5.74) is 4.59. The molecule has 3 heteroatoms. The second kappa shape index (κ2) is 8.92. The van der Waals surface area contributed by atoms with E-state index in [9.17, 15) is 0 Å². The molecule has 2 aromatic rings. The second-order valence-electron chi connectivity index (χ2n) is 7.32. The Morgan fingerprint density at radius 1 is 0.964 bits per heavy atom. The number of rotatable bonds is 6. The lowest BCUT2D eigenvalue weighted by Gasteiger charge is -2.18. The summed E-state index contributed by atoms with van der Waals surface area (Å²) in [6.07, 6.45) is 13.2. The van der Waals surface area contributed by atoms with E-state index in [1.165, 1.54) is 24.0 Å². The fourth-order valence-electron chi connectivity index (χ4n) is 3.95. The van der Waals surface area contributed by atoms with Crippen LogP contribution in [0, 0.1) is 0 Å². The van der Waals surface area contributed by atoms with E-state index in [1.54, 1.807) is 7.11 Å². The van der Waals surface area contributed by atoms with Gasteiger partial charge in [-0.2, -0.15) is 0 Å². The van der Waals surface area contributed by atoms with Gasteiger partial charge in [0.2, 0.25) is 0 Å². The van der Waals surface area contributed by atoms with Crippen LogP contribution < -0.4 is 9.47 Å². The zero-order valence-corrected chi connectivity index (χ0v) is 16.4. The van der Waals surface area contributed by atoms with Gasteiger partial charge < -0.3 is 9.47 Å². The topological polar surface area (TPSA) is 30.8 Å². The van der Waals surface area contributed by atoms with Crippen molar-refractivity contribution in [3.63, 3.8) is 0 Å². The fraction of sp³-hybridized carbons (Fsp3) is 0.320. The van der Waals surface area contributed by atoms with Crippen LogP contribution in [0.1, 0.15) is 49.7 Å². The highest BCUT2D eigenvalue weighted by atomic mass is 16.5. The summed E-state index contributed by atoms with van der Waals surface area (Å²) in [5.74, 6) is 1.63. The van der Waals surface area contributed by atoms with Crippen LogP contribution in [0.25, 0.3) is 11.6 Å². The minimum absolute atomic E-state index is 0.287. The lowest BCUT2D eigenvalue weighted by molar-refractivity contribution is 0.200. The maximum atomic E-state index is 6.35. The van der Waals surface area contributed by atoms with Crippen LogP contribution in [0.3, 0.4) is 0 Å². The number of allylic oxidation sites excluding steroid dienone is 2.